The molecule has 1 aliphatic rings. The summed E-state index contributed by atoms with van der Waals surface area (Å²) in [6.45, 7) is 0. The molecule has 0 aliphatic heterocycles. The lowest BCUT2D eigenvalue weighted by molar-refractivity contribution is -0.385. The summed E-state index contributed by atoms with van der Waals surface area (Å²) in [7, 11) is 0. The Balaban J connectivity index is 1.97. The van der Waals surface area contributed by atoms with Gasteiger partial charge in [0, 0.05) is 24.0 Å². The molecule has 0 atom stereocenters. The molecule has 18 heavy (non-hydrogen) atoms. The third-order valence-corrected chi connectivity index (χ3v) is 3.64. The minimum atomic E-state index is -0.380. The van der Waals surface area contributed by atoms with Crippen LogP contribution in [-0.4, -0.2) is 10.7 Å². The Kier molecular flexibility index (Phi) is 4.07. The van der Waals surface area contributed by atoms with E-state index in [9.17, 15) is 14.9 Å². The van der Waals surface area contributed by atoms with Gasteiger partial charge in [-0.2, -0.15) is 0 Å². The number of nitro benzene ring substituents is 1. The van der Waals surface area contributed by atoms with Gasteiger partial charge in [-0.15, -0.1) is 0 Å². The van der Waals surface area contributed by atoms with Crippen molar-refractivity contribution in [2.45, 2.75) is 38.5 Å². The van der Waals surface area contributed by atoms with E-state index >= 15 is 0 Å². The zero-order valence-corrected chi connectivity index (χ0v) is 10.3. The maximum atomic E-state index is 11.9. The Bertz CT molecular complexity index is 450. The van der Waals surface area contributed by atoms with Gasteiger partial charge in [0.15, 0.2) is 0 Å². The van der Waals surface area contributed by atoms with Gasteiger partial charge in [0.2, 0.25) is 0 Å². The number of carbonyl (C=O) groups excluding carboxylic acids is 1. The molecule has 96 valence electrons. The summed E-state index contributed by atoms with van der Waals surface area (Å²) in [6, 6.07) is 6.66. The first-order chi connectivity index (χ1) is 8.68. The van der Waals surface area contributed by atoms with E-state index in [0.29, 0.717) is 18.4 Å². The summed E-state index contributed by atoms with van der Waals surface area (Å²) >= 11 is 0. The van der Waals surface area contributed by atoms with Gasteiger partial charge in [0.1, 0.15) is 5.78 Å². The van der Waals surface area contributed by atoms with Crippen molar-refractivity contribution in [2.24, 2.45) is 5.92 Å². The van der Waals surface area contributed by atoms with Crippen LogP contribution >= 0.6 is 0 Å². The molecule has 1 aliphatic carbocycles. The number of para-hydroxylation sites is 1. The van der Waals surface area contributed by atoms with E-state index in [1.165, 1.54) is 6.07 Å². The maximum Gasteiger partial charge on any atom is 0.272 e. The van der Waals surface area contributed by atoms with Crippen molar-refractivity contribution in [2.75, 3.05) is 0 Å². The molecule has 0 spiro atoms. The van der Waals surface area contributed by atoms with E-state index in [1.54, 1.807) is 18.2 Å². The van der Waals surface area contributed by atoms with E-state index in [-0.39, 0.29) is 22.3 Å². The molecule has 1 aromatic rings. The number of aryl methyl sites for hydroxylation is 1. The fourth-order valence-corrected chi connectivity index (χ4v) is 2.61. The van der Waals surface area contributed by atoms with Crippen molar-refractivity contribution >= 4 is 11.5 Å². The van der Waals surface area contributed by atoms with Crippen LogP contribution < -0.4 is 0 Å². The second-order valence-electron chi connectivity index (χ2n) is 4.83. The molecule has 1 fully saturated rings. The lowest BCUT2D eigenvalue weighted by Crippen LogP contribution is -2.11. The SMILES string of the molecule is O=C(CCc1ccccc1[N+](=O)[O-])C1CCCC1. The molecule has 1 aromatic carbocycles. The fourth-order valence-electron chi connectivity index (χ4n) is 2.61. The first-order valence-corrected chi connectivity index (χ1v) is 6.43. The van der Waals surface area contributed by atoms with Crippen molar-refractivity contribution in [3.8, 4) is 0 Å². The van der Waals surface area contributed by atoms with Gasteiger partial charge in [-0.25, -0.2) is 0 Å². The van der Waals surface area contributed by atoms with Crippen molar-refractivity contribution in [1.82, 2.24) is 0 Å². The van der Waals surface area contributed by atoms with Gasteiger partial charge in [-0.3, -0.25) is 14.9 Å². The highest BCUT2D eigenvalue weighted by molar-refractivity contribution is 5.81. The Labute approximate surface area is 106 Å². The summed E-state index contributed by atoms with van der Waals surface area (Å²) in [4.78, 5) is 22.4. The predicted octanol–water partition coefficient (Wildman–Crippen LogP) is 3.29. The van der Waals surface area contributed by atoms with E-state index in [2.05, 4.69) is 0 Å². The van der Waals surface area contributed by atoms with Crippen LogP contribution in [0.25, 0.3) is 0 Å². The number of Topliss-reactive ketones (excluding diaryl/α,β-unsaturated/α-hetero) is 1. The standard InChI is InChI=1S/C14H17NO3/c16-14(12-6-1-2-7-12)10-9-11-5-3-4-8-13(11)15(17)18/h3-5,8,12H,1-2,6-7,9-10H2. The van der Waals surface area contributed by atoms with Crippen molar-refractivity contribution in [1.29, 1.82) is 0 Å². The maximum absolute atomic E-state index is 11.9. The molecular formula is C14H17NO3. The van der Waals surface area contributed by atoms with Gasteiger partial charge < -0.3 is 0 Å². The van der Waals surface area contributed by atoms with E-state index in [4.69, 9.17) is 0 Å². The molecule has 2 rings (SSSR count). The van der Waals surface area contributed by atoms with Gasteiger partial charge >= 0.3 is 0 Å². The van der Waals surface area contributed by atoms with Crippen LogP contribution in [-0.2, 0) is 11.2 Å². The number of ketones is 1. The number of rotatable bonds is 5. The molecule has 0 radical (unpaired) electrons. The van der Waals surface area contributed by atoms with Crippen LogP contribution in [0.5, 0.6) is 0 Å². The number of hydrogen-bond donors (Lipinski definition) is 0. The average Bonchev–Trinajstić information content (AvgIpc) is 2.90. The molecule has 4 heteroatoms. The fraction of sp³-hybridized carbons (Fsp3) is 0.500. The molecule has 0 heterocycles. The van der Waals surface area contributed by atoms with Crippen LogP contribution in [0.15, 0.2) is 24.3 Å². The summed E-state index contributed by atoms with van der Waals surface area (Å²) in [6.07, 6.45) is 5.18. The molecule has 0 saturated heterocycles. The predicted molar refractivity (Wildman–Crippen MR) is 68.4 cm³/mol. The molecule has 1 saturated carbocycles. The first-order valence-electron chi connectivity index (χ1n) is 6.43. The van der Waals surface area contributed by atoms with Crippen LogP contribution in [0, 0.1) is 16.0 Å². The van der Waals surface area contributed by atoms with E-state index in [1.807, 2.05) is 0 Å². The number of nitro groups is 1. The summed E-state index contributed by atoms with van der Waals surface area (Å²) in [5.41, 5.74) is 0.783. The van der Waals surface area contributed by atoms with E-state index < -0.39 is 0 Å². The second kappa shape index (κ2) is 5.76. The van der Waals surface area contributed by atoms with E-state index in [0.717, 1.165) is 25.7 Å². The van der Waals surface area contributed by atoms with Gasteiger partial charge in [-0.1, -0.05) is 31.0 Å². The van der Waals surface area contributed by atoms with Crippen LogP contribution in [0.3, 0.4) is 0 Å². The number of benzene rings is 1. The van der Waals surface area contributed by atoms with Crippen LogP contribution in [0.4, 0.5) is 5.69 Å². The number of carbonyl (C=O) groups is 1. The monoisotopic (exact) mass is 247 g/mol. The minimum absolute atomic E-state index is 0.122. The normalized spacial score (nSPS) is 15.8. The topological polar surface area (TPSA) is 60.2 Å². The summed E-state index contributed by atoms with van der Waals surface area (Å²) in [5, 5.41) is 10.8. The highest BCUT2D eigenvalue weighted by atomic mass is 16.6. The molecule has 0 unspecified atom stereocenters. The molecule has 0 amide bonds. The molecule has 0 aromatic heterocycles. The largest absolute Gasteiger partial charge is 0.299 e. The highest BCUT2D eigenvalue weighted by Crippen LogP contribution is 2.27. The minimum Gasteiger partial charge on any atom is -0.299 e. The smallest absolute Gasteiger partial charge is 0.272 e. The van der Waals surface area contributed by atoms with Crippen molar-refractivity contribution < 1.29 is 9.72 Å². The lowest BCUT2D eigenvalue weighted by Gasteiger charge is -2.07. The van der Waals surface area contributed by atoms with Gasteiger partial charge in [0.25, 0.3) is 5.69 Å². The Morgan fingerprint density at radius 1 is 1.28 bits per heavy atom. The van der Waals surface area contributed by atoms with Crippen molar-refractivity contribution in [3.05, 3.63) is 39.9 Å². The zero-order valence-electron chi connectivity index (χ0n) is 10.3. The van der Waals surface area contributed by atoms with Gasteiger partial charge in [-0.05, 0) is 19.3 Å². The molecule has 4 nitrogen and oxygen atoms in total. The average molecular weight is 247 g/mol. The molecule has 0 bridgehead atoms. The Morgan fingerprint density at radius 2 is 1.94 bits per heavy atom. The second-order valence-corrected chi connectivity index (χ2v) is 4.83. The van der Waals surface area contributed by atoms with Crippen LogP contribution in [0.1, 0.15) is 37.7 Å². The number of nitrogens with zero attached hydrogens (tertiary/aromatic N) is 1. The molecule has 0 N–H and O–H groups in total. The first kappa shape index (κ1) is 12.7. The summed E-state index contributed by atoms with van der Waals surface area (Å²) < 4.78 is 0. The Hall–Kier alpha value is -1.71. The highest BCUT2D eigenvalue weighted by Gasteiger charge is 2.23. The Morgan fingerprint density at radius 3 is 2.61 bits per heavy atom. The zero-order chi connectivity index (χ0) is 13.0. The third kappa shape index (κ3) is 2.94. The quantitative estimate of drug-likeness (QED) is 0.592. The van der Waals surface area contributed by atoms with Crippen LogP contribution in [0.2, 0.25) is 0 Å². The number of hydrogen-bond acceptors (Lipinski definition) is 3. The lowest BCUT2D eigenvalue weighted by atomic mass is 9.96. The van der Waals surface area contributed by atoms with Crippen molar-refractivity contribution in [3.63, 3.8) is 0 Å². The molecular weight excluding hydrogens is 230 g/mol. The third-order valence-electron chi connectivity index (χ3n) is 3.64. The van der Waals surface area contributed by atoms with Gasteiger partial charge in [0.05, 0.1) is 4.92 Å². The summed E-state index contributed by atoms with van der Waals surface area (Å²) in [5.74, 6) is 0.471.